The van der Waals surface area contributed by atoms with E-state index in [2.05, 4.69) is 4.74 Å². The van der Waals surface area contributed by atoms with E-state index in [9.17, 15) is 13.6 Å². The van der Waals surface area contributed by atoms with Gasteiger partial charge in [0.15, 0.2) is 0 Å². The molecule has 0 saturated carbocycles. The number of rotatable bonds is 4. The summed E-state index contributed by atoms with van der Waals surface area (Å²) in [7, 11) is 1.17. The van der Waals surface area contributed by atoms with Crippen LogP contribution in [0.4, 0.5) is 8.78 Å². The van der Waals surface area contributed by atoms with Crippen LogP contribution in [-0.4, -0.2) is 13.1 Å². The summed E-state index contributed by atoms with van der Waals surface area (Å²) in [5, 5.41) is 0. The lowest BCUT2D eigenvalue weighted by Crippen LogP contribution is -2.05. The zero-order valence-electron chi connectivity index (χ0n) is 10.7. The van der Waals surface area contributed by atoms with Gasteiger partial charge in [0, 0.05) is 5.56 Å². The number of hydrogen-bond acceptors (Lipinski definition) is 2. The fourth-order valence-electron chi connectivity index (χ4n) is 1.79. The van der Waals surface area contributed by atoms with E-state index in [1.54, 1.807) is 6.08 Å². The normalized spacial score (nSPS) is 11.5. The van der Waals surface area contributed by atoms with Crippen LogP contribution in [0.3, 0.4) is 0 Å². The maximum atomic E-state index is 13.9. The van der Waals surface area contributed by atoms with Crippen molar-refractivity contribution in [3.63, 3.8) is 0 Å². The van der Waals surface area contributed by atoms with E-state index in [1.807, 2.05) is 13.8 Å². The van der Waals surface area contributed by atoms with Gasteiger partial charge in [-0.05, 0) is 30.5 Å². The Morgan fingerprint density at radius 1 is 1.28 bits per heavy atom. The third-order valence-corrected chi connectivity index (χ3v) is 2.62. The Labute approximate surface area is 105 Å². The van der Waals surface area contributed by atoms with Crippen LogP contribution in [0.25, 0.3) is 5.57 Å². The van der Waals surface area contributed by atoms with E-state index in [4.69, 9.17) is 0 Å². The van der Waals surface area contributed by atoms with Crippen LogP contribution in [0.2, 0.25) is 0 Å². The Morgan fingerprint density at radius 3 is 2.22 bits per heavy atom. The van der Waals surface area contributed by atoms with Gasteiger partial charge in [-0.3, -0.25) is 0 Å². The van der Waals surface area contributed by atoms with Crippen molar-refractivity contribution < 1.29 is 18.3 Å². The smallest absolute Gasteiger partial charge is 0.338 e. The highest BCUT2D eigenvalue weighted by molar-refractivity contribution is 5.90. The van der Waals surface area contributed by atoms with E-state index in [1.165, 1.54) is 7.11 Å². The molecule has 0 atom stereocenters. The van der Waals surface area contributed by atoms with Crippen LogP contribution in [-0.2, 0) is 4.74 Å². The van der Waals surface area contributed by atoms with E-state index in [-0.39, 0.29) is 11.1 Å². The van der Waals surface area contributed by atoms with Crippen molar-refractivity contribution in [1.82, 2.24) is 0 Å². The first-order valence-electron chi connectivity index (χ1n) is 5.81. The Bertz CT molecular complexity index is 456. The monoisotopic (exact) mass is 254 g/mol. The van der Waals surface area contributed by atoms with Crippen molar-refractivity contribution in [3.05, 3.63) is 41.0 Å². The fraction of sp³-hybridized carbons (Fsp3) is 0.357. The van der Waals surface area contributed by atoms with Gasteiger partial charge < -0.3 is 4.74 Å². The topological polar surface area (TPSA) is 26.3 Å². The van der Waals surface area contributed by atoms with Crippen molar-refractivity contribution in [1.29, 1.82) is 0 Å². The molecule has 0 amide bonds. The summed E-state index contributed by atoms with van der Waals surface area (Å²) in [5.74, 6) is -2.23. The molecule has 0 bridgehead atoms. The number of halogens is 2. The highest BCUT2D eigenvalue weighted by atomic mass is 19.1. The number of benzene rings is 1. The molecule has 0 N–H and O–H groups in total. The maximum absolute atomic E-state index is 13.9. The van der Waals surface area contributed by atoms with Gasteiger partial charge in [-0.25, -0.2) is 13.6 Å². The van der Waals surface area contributed by atoms with Crippen molar-refractivity contribution >= 4 is 11.5 Å². The predicted molar refractivity (Wildman–Crippen MR) is 66.3 cm³/mol. The number of ether oxygens (including phenoxy) is 1. The summed E-state index contributed by atoms with van der Waals surface area (Å²) < 4.78 is 32.2. The summed E-state index contributed by atoms with van der Waals surface area (Å²) in [5.41, 5.74) is 0.416. The number of hydrogen-bond donors (Lipinski definition) is 0. The van der Waals surface area contributed by atoms with Crippen LogP contribution >= 0.6 is 0 Å². The van der Waals surface area contributed by atoms with Gasteiger partial charge in [0.25, 0.3) is 0 Å². The van der Waals surface area contributed by atoms with Gasteiger partial charge in [0.05, 0.1) is 12.7 Å². The standard InChI is InChI=1S/C14H16F2O2/c1-4-6-9(5-2)13-11(15)7-10(8-12(13)16)14(17)18-3/h6-8H,4-5H2,1-3H3/b9-6+. The highest BCUT2D eigenvalue weighted by Gasteiger charge is 2.17. The molecule has 0 fully saturated rings. The minimum atomic E-state index is -0.753. The van der Waals surface area contributed by atoms with Crippen molar-refractivity contribution in [2.75, 3.05) is 7.11 Å². The average Bonchev–Trinajstić information content (AvgIpc) is 2.35. The number of carbonyl (C=O) groups is 1. The van der Waals surface area contributed by atoms with E-state index < -0.39 is 17.6 Å². The molecule has 0 saturated heterocycles. The van der Waals surface area contributed by atoms with Crippen molar-refractivity contribution in [3.8, 4) is 0 Å². The zero-order valence-corrected chi connectivity index (χ0v) is 10.7. The molecule has 0 aliphatic heterocycles. The first-order valence-corrected chi connectivity index (χ1v) is 5.81. The molecule has 18 heavy (non-hydrogen) atoms. The van der Waals surface area contributed by atoms with Gasteiger partial charge >= 0.3 is 5.97 Å². The summed E-state index contributed by atoms with van der Waals surface area (Å²) in [6.45, 7) is 3.73. The highest BCUT2D eigenvalue weighted by Crippen LogP contribution is 2.26. The Morgan fingerprint density at radius 2 is 1.83 bits per heavy atom. The summed E-state index contributed by atoms with van der Waals surface area (Å²) in [6, 6.07) is 2.01. The second kappa shape index (κ2) is 6.28. The van der Waals surface area contributed by atoms with Crippen molar-refractivity contribution in [2.24, 2.45) is 0 Å². The summed E-state index contributed by atoms with van der Waals surface area (Å²) in [6.07, 6.45) is 3.00. The molecular weight excluding hydrogens is 238 g/mol. The minimum Gasteiger partial charge on any atom is -0.465 e. The molecule has 1 aromatic rings. The molecule has 0 aromatic heterocycles. The third kappa shape index (κ3) is 2.94. The van der Waals surface area contributed by atoms with E-state index in [0.29, 0.717) is 18.4 Å². The Hall–Kier alpha value is -1.71. The van der Waals surface area contributed by atoms with Gasteiger partial charge in [-0.15, -0.1) is 0 Å². The van der Waals surface area contributed by atoms with E-state index >= 15 is 0 Å². The zero-order chi connectivity index (χ0) is 13.7. The largest absolute Gasteiger partial charge is 0.465 e. The van der Waals surface area contributed by atoms with Crippen LogP contribution in [0.5, 0.6) is 0 Å². The average molecular weight is 254 g/mol. The SMILES string of the molecule is CC/C=C(\CC)c1c(F)cc(C(=O)OC)cc1F. The third-order valence-electron chi connectivity index (χ3n) is 2.62. The first-order chi connectivity index (χ1) is 8.54. The number of allylic oxidation sites excluding steroid dienone is 2. The fourth-order valence-corrected chi connectivity index (χ4v) is 1.79. The van der Waals surface area contributed by atoms with Gasteiger partial charge in [0.2, 0.25) is 0 Å². The van der Waals surface area contributed by atoms with Crippen LogP contribution < -0.4 is 0 Å². The van der Waals surface area contributed by atoms with Crippen LogP contribution in [0, 0.1) is 11.6 Å². The number of esters is 1. The number of methoxy groups -OCH3 is 1. The molecule has 1 aromatic carbocycles. The lowest BCUT2D eigenvalue weighted by atomic mass is 9.99. The molecule has 0 unspecified atom stereocenters. The molecule has 4 heteroatoms. The molecular formula is C14H16F2O2. The molecule has 0 aliphatic rings. The quantitative estimate of drug-likeness (QED) is 0.760. The molecule has 98 valence electrons. The van der Waals surface area contributed by atoms with Gasteiger partial charge in [0.1, 0.15) is 11.6 Å². The van der Waals surface area contributed by atoms with E-state index in [0.717, 1.165) is 12.1 Å². The summed E-state index contributed by atoms with van der Waals surface area (Å²) >= 11 is 0. The molecule has 2 nitrogen and oxygen atoms in total. The lowest BCUT2D eigenvalue weighted by molar-refractivity contribution is 0.0599. The molecule has 1 rings (SSSR count). The Balaban J connectivity index is 3.32. The molecule has 0 spiro atoms. The van der Waals surface area contributed by atoms with Crippen LogP contribution in [0.15, 0.2) is 18.2 Å². The maximum Gasteiger partial charge on any atom is 0.338 e. The Kier molecular flexibility index (Phi) is 5.01. The molecule has 0 aliphatic carbocycles. The second-order valence-corrected chi connectivity index (χ2v) is 3.80. The first kappa shape index (κ1) is 14.4. The second-order valence-electron chi connectivity index (χ2n) is 3.80. The van der Waals surface area contributed by atoms with Gasteiger partial charge in [-0.2, -0.15) is 0 Å². The van der Waals surface area contributed by atoms with Crippen LogP contribution in [0.1, 0.15) is 42.6 Å². The number of carbonyl (C=O) groups excluding carboxylic acids is 1. The molecule has 0 radical (unpaired) electrons. The summed E-state index contributed by atoms with van der Waals surface area (Å²) in [4.78, 5) is 11.2. The van der Waals surface area contributed by atoms with Crippen molar-refractivity contribution in [2.45, 2.75) is 26.7 Å². The molecule has 0 heterocycles. The van der Waals surface area contributed by atoms with Gasteiger partial charge in [-0.1, -0.05) is 19.9 Å². The lowest BCUT2D eigenvalue weighted by Gasteiger charge is -2.09. The minimum absolute atomic E-state index is 0.0630. The predicted octanol–water partition coefficient (Wildman–Crippen LogP) is 3.95.